The molecule has 2 rings (SSSR count). The summed E-state index contributed by atoms with van der Waals surface area (Å²) in [6.45, 7) is 11.0. The minimum absolute atomic E-state index is 0.0311. The zero-order chi connectivity index (χ0) is 14.9. The fourth-order valence-electron chi connectivity index (χ4n) is 2.36. The zero-order valence-corrected chi connectivity index (χ0v) is 12.8. The van der Waals surface area contributed by atoms with Gasteiger partial charge >= 0.3 is 5.97 Å². The predicted molar refractivity (Wildman–Crippen MR) is 73.0 cm³/mol. The molecule has 6 nitrogen and oxygen atoms in total. The number of aryl methyl sites for hydroxylation is 1. The monoisotopic (exact) mass is 281 g/mol. The molecule has 1 fully saturated rings. The van der Waals surface area contributed by atoms with E-state index in [1.165, 1.54) is 0 Å². The number of carbonyl (C=O) groups is 1. The van der Waals surface area contributed by atoms with Crippen molar-refractivity contribution in [2.75, 3.05) is 13.1 Å². The van der Waals surface area contributed by atoms with Gasteiger partial charge in [0.1, 0.15) is 5.60 Å². The first-order chi connectivity index (χ1) is 9.26. The van der Waals surface area contributed by atoms with Crippen molar-refractivity contribution >= 4 is 5.97 Å². The Bertz CT molecular complexity index is 478. The smallest absolute Gasteiger partial charge is 0.310 e. The number of esters is 1. The Balaban J connectivity index is 1.93. The molecule has 0 bridgehead atoms. The fourth-order valence-corrected chi connectivity index (χ4v) is 2.36. The predicted octanol–water partition coefficient (Wildman–Crippen LogP) is 2.10. The van der Waals surface area contributed by atoms with Gasteiger partial charge in [-0.25, -0.2) is 0 Å². The first-order valence-corrected chi connectivity index (χ1v) is 7.03. The van der Waals surface area contributed by atoms with Crippen LogP contribution in [0.4, 0.5) is 0 Å². The first-order valence-electron chi connectivity index (χ1n) is 7.03. The molecule has 6 heteroatoms. The summed E-state index contributed by atoms with van der Waals surface area (Å²) in [5.41, 5.74) is -0.431. The Morgan fingerprint density at radius 2 is 2.20 bits per heavy atom. The Kier molecular flexibility index (Phi) is 4.13. The van der Waals surface area contributed by atoms with Crippen LogP contribution < -0.4 is 0 Å². The quantitative estimate of drug-likeness (QED) is 0.790. The number of carbonyl (C=O) groups excluding carboxylic acids is 1. The second-order valence-electron chi connectivity index (χ2n) is 6.37. The van der Waals surface area contributed by atoms with E-state index in [0.717, 1.165) is 13.0 Å². The Hall–Kier alpha value is -1.43. The molecule has 0 unspecified atom stereocenters. The molecule has 1 aliphatic heterocycles. The average Bonchev–Trinajstić information content (AvgIpc) is 2.94. The van der Waals surface area contributed by atoms with Crippen molar-refractivity contribution in [1.82, 2.24) is 15.0 Å². The summed E-state index contributed by atoms with van der Waals surface area (Å²) in [6, 6.07) is 0.0311. The maximum atomic E-state index is 12.1. The third-order valence-electron chi connectivity index (χ3n) is 3.41. The summed E-state index contributed by atoms with van der Waals surface area (Å²) in [6.07, 6.45) is 0.812. The van der Waals surface area contributed by atoms with E-state index < -0.39 is 5.60 Å². The summed E-state index contributed by atoms with van der Waals surface area (Å²) in [5, 5.41) is 3.81. The summed E-state index contributed by atoms with van der Waals surface area (Å²) in [4.78, 5) is 18.5. The van der Waals surface area contributed by atoms with E-state index in [4.69, 9.17) is 9.26 Å². The van der Waals surface area contributed by atoms with Crippen LogP contribution in [0.3, 0.4) is 0 Å². The molecule has 0 aromatic carbocycles. The highest BCUT2D eigenvalue weighted by atomic mass is 16.6. The molecule has 0 amide bonds. The van der Waals surface area contributed by atoms with Crippen molar-refractivity contribution in [3.63, 3.8) is 0 Å². The lowest BCUT2D eigenvalue weighted by atomic mass is 10.1. The summed E-state index contributed by atoms with van der Waals surface area (Å²) in [5.74, 6) is 1.05. The average molecular weight is 281 g/mol. The number of rotatable bonds is 3. The molecule has 2 heterocycles. The normalized spacial score (nSPS) is 21.9. The fraction of sp³-hybridized carbons (Fsp3) is 0.786. The minimum atomic E-state index is -0.431. The largest absolute Gasteiger partial charge is 0.460 e. The Labute approximate surface area is 119 Å². The van der Waals surface area contributed by atoms with E-state index in [1.807, 2.05) is 27.7 Å². The van der Waals surface area contributed by atoms with Gasteiger partial charge in [0.15, 0.2) is 5.82 Å². The number of aromatic nitrogens is 2. The van der Waals surface area contributed by atoms with E-state index in [2.05, 4.69) is 15.0 Å². The van der Waals surface area contributed by atoms with Gasteiger partial charge in [0.2, 0.25) is 5.89 Å². The summed E-state index contributed by atoms with van der Waals surface area (Å²) < 4.78 is 10.6. The van der Waals surface area contributed by atoms with Crippen LogP contribution in [0.1, 0.15) is 51.9 Å². The topological polar surface area (TPSA) is 68.5 Å². The summed E-state index contributed by atoms with van der Waals surface area (Å²) >= 11 is 0. The van der Waals surface area contributed by atoms with Crippen LogP contribution in [0, 0.1) is 12.8 Å². The third-order valence-corrected chi connectivity index (χ3v) is 3.41. The molecule has 0 N–H and O–H groups in total. The second-order valence-corrected chi connectivity index (χ2v) is 6.37. The Morgan fingerprint density at radius 3 is 2.75 bits per heavy atom. The van der Waals surface area contributed by atoms with Gasteiger partial charge in [-0.15, -0.1) is 0 Å². The van der Waals surface area contributed by atoms with Crippen molar-refractivity contribution < 1.29 is 14.1 Å². The van der Waals surface area contributed by atoms with Gasteiger partial charge < -0.3 is 9.26 Å². The number of nitrogens with zero attached hydrogens (tertiary/aromatic N) is 3. The highest BCUT2D eigenvalue weighted by Crippen LogP contribution is 2.28. The van der Waals surface area contributed by atoms with Crippen molar-refractivity contribution in [2.45, 2.75) is 52.7 Å². The molecule has 1 aromatic rings. The van der Waals surface area contributed by atoms with Crippen molar-refractivity contribution in [2.24, 2.45) is 5.92 Å². The molecule has 0 saturated carbocycles. The van der Waals surface area contributed by atoms with Gasteiger partial charge in [0, 0.05) is 6.54 Å². The van der Waals surface area contributed by atoms with E-state index in [1.54, 1.807) is 6.92 Å². The molecule has 20 heavy (non-hydrogen) atoms. The lowest BCUT2D eigenvalue weighted by Crippen LogP contribution is -2.31. The molecule has 1 saturated heterocycles. The lowest BCUT2D eigenvalue weighted by Gasteiger charge is -2.23. The van der Waals surface area contributed by atoms with Crippen LogP contribution in [-0.4, -0.2) is 39.7 Å². The van der Waals surface area contributed by atoms with E-state index in [-0.39, 0.29) is 17.9 Å². The number of hydrogen-bond donors (Lipinski definition) is 0. The van der Waals surface area contributed by atoms with Gasteiger partial charge in [-0.3, -0.25) is 9.69 Å². The van der Waals surface area contributed by atoms with Gasteiger partial charge in [-0.05, 0) is 47.6 Å². The van der Waals surface area contributed by atoms with Crippen molar-refractivity contribution in [1.29, 1.82) is 0 Å². The Morgan fingerprint density at radius 1 is 1.50 bits per heavy atom. The van der Waals surface area contributed by atoms with Crippen LogP contribution in [0.15, 0.2) is 4.52 Å². The standard InChI is InChI=1S/C14H23N3O3/c1-9(12-15-10(2)16-20-12)17-7-6-11(8-17)13(18)19-14(3,4)5/h9,11H,6-8H2,1-5H3/t9-,11+/m0/s1. The van der Waals surface area contributed by atoms with E-state index in [9.17, 15) is 4.79 Å². The SMILES string of the molecule is Cc1noc([C@H](C)N2CC[C@@H](C(=O)OC(C)(C)C)C2)n1. The molecule has 1 aromatic heterocycles. The first kappa shape index (κ1) is 15.0. The molecule has 0 aliphatic carbocycles. The van der Waals surface area contributed by atoms with E-state index >= 15 is 0 Å². The number of likely N-dealkylation sites (tertiary alicyclic amines) is 1. The molecule has 2 atom stereocenters. The number of hydrogen-bond acceptors (Lipinski definition) is 6. The molecule has 112 valence electrons. The minimum Gasteiger partial charge on any atom is -0.460 e. The molecular formula is C14H23N3O3. The highest BCUT2D eigenvalue weighted by molar-refractivity contribution is 5.73. The zero-order valence-electron chi connectivity index (χ0n) is 12.8. The lowest BCUT2D eigenvalue weighted by molar-refractivity contribution is -0.159. The van der Waals surface area contributed by atoms with Crippen LogP contribution in [0.2, 0.25) is 0 Å². The van der Waals surface area contributed by atoms with Crippen LogP contribution >= 0.6 is 0 Å². The van der Waals surface area contributed by atoms with Crippen LogP contribution in [0.5, 0.6) is 0 Å². The molecule has 0 spiro atoms. The van der Waals surface area contributed by atoms with Crippen molar-refractivity contribution in [3.8, 4) is 0 Å². The molecular weight excluding hydrogens is 258 g/mol. The van der Waals surface area contributed by atoms with Gasteiger partial charge in [0.05, 0.1) is 12.0 Å². The second kappa shape index (κ2) is 5.52. The number of ether oxygens (including phenoxy) is 1. The van der Waals surface area contributed by atoms with Gasteiger partial charge in [0.25, 0.3) is 0 Å². The maximum Gasteiger partial charge on any atom is 0.310 e. The maximum absolute atomic E-state index is 12.1. The molecule has 1 aliphatic rings. The van der Waals surface area contributed by atoms with Gasteiger partial charge in [-0.1, -0.05) is 5.16 Å². The van der Waals surface area contributed by atoms with Crippen LogP contribution in [-0.2, 0) is 9.53 Å². The van der Waals surface area contributed by atoms with E-state index in [0.29, 0.717) is 18.3 Å². The highest BCUT2D eigenvalue weighted by Gasteiger charge is 2.35. The van der Waals surface area contributed by atoms with Gasteiger partial charge in [-0.2, -0.15) is 4.98 Å². The van der Waals surface area contributed by atoms with Crippen molar-refractivity contribution in [3.05, 3.63) is 11.7 Å². The molecule has 0 radical (unpaired) electrons. The third kappa shape index (κ3) is 3.56. The van der Waals surface area contributed by atoms with Crippen LogP contribution in [0.25, 0.3) is 0 Å². The summed E-state index contributed by atoms with van der Waals surface area (Å²) in [7, 11) is 0.